The summed E-state index contributed by atoms with van der Waals surface area (Å²) < 4.78 is 28.9. The van der Waals surface area contributed by atoms with Gasteiger partial charge >= 0.3 is 0 Å². The van der Waals surface area contributed by atoms with Crippen molar-refractivity contribution in [3.63, 3.8) is 0 Å². The SMILES string of the molecule is CCCCNC(=O)[C@@H](CC)N(Cc1ccc(Cl)cc1)C(=O)CN(c1cc(Cl)cc(Cl)c1)S(=O)(=O)c1ccc(C)cc1. The Bertz CT molecular complexity index is 1430. The lowest BCUT2D eigenvalue weighted by Gasteiger charge is -2.33. The number of hydrogen-bond donors (Lipinski definition) is 1. The van der Waals surface area contributed by atoms with E-state index in [9.17, 15) is 18.0 Å². The molecular formula is C30H34Cl3N3O4S. The van der Waals surface area contributed by atoms with Gasteiger partial charge in [0.1, 0.15) is 12.6 Å². The molecule has 1 N–H and O–H groups in total. The smallest absolute Gasteiger partial charge is 0.264 e. The summed E-state index contributed by atoms with van der Waals surface area (Å²) in [5.74, 6) is -0.869. The molecule has 220 valence electrons. The van der Waals surface area contributed by atoms with Crippen LogP contribution in [0, 0.1) is 6.92 Å². The summed E-state index contributed by atoms with van der Waals surface area (Å²) in [4.78, 5) is 28.7. The maximum Gasteiger partial charge on any atom is 0.264 e. The molecule has 0 saturated carbocycles. The van der Waals surface area contributed by atoms with E-state index in [0.29, 0.717) is 18.0 Å². The fourth-order valence-corrected chi connectivity index (χ4v) is 6.30. The Kier molecular flexibility index (Phi) is 11.9. The third kappa shape index (κ3) is 8.85. The zero-order chi connectivity index (χ0) is 30.2. The number of unbranched alkanes of at least 4 members (excludes halogenated alkanes) is 1. The molecule has 0 heterocycles. The van der Waals surface area contributed by atoms with Crippen molar-refractivity contribution < 1.29 is 18.0 Å². The predicted molar refractivity (Wildman–Crippen MR) is 166 cm³/mol. The van der Waals surface area contributed by atoms with E-state index < -0.39 is 28.5 Å². The fourth-order valence-electron chi connectivity index (χ4n) is 4.26. The normalized spacial score (nSPS) is 12.0. The van der Waals surface area contributed by atoms with E-state index in [0.717, 1.165) is 28.3 Å². The van der Waals surface area contributed by atoms with Crippen molar-refractivity contribution in [3.8, 4) is 0 Å². The number of anilines is 1. The Morgan fingerprint density at radius 3 is 2.05 bits per heavy atom. The van der Waals surface area contributed by atoms with E-state index >= 15 is 0 Å². The summed E-state index contributed by atoms with van der Waals surface area (Å²) in [5.41, 5.74) is 1.75. The largest absolute Gasteiger partial charge is 0.354 e. The van der Waals surface area contributed by atoms with E-state index in [1.165, 1.54) is 35.2 Å². The number of hydrogen-bond acceptors (Lipinski definition) is 4. The number of carbonyl (C=O) groups excluding carboxylic acids is 2. The highest BCUT2D eigenvalue weighted by Gasteiger charge is 2.34. The van der Waals surface area contributed by atoms with E-state index in [4.69, 9.17) is 34.8 Å². The average molecular weight is 639 g/mol. The summed E-state index contributed by atoms with van der Waals surface area (Å²) in [6.07, 6.45) is 2.02. The van der Waals surface area contributed by atoms with Crippen molar-refractivity contribution >= 4 is 62.3 Å². The molecule has 41 heavy (non-hydrogen) atoms. The van der Waals surface area contributed by atoms with Gasteiger partial charge in [-0.15, -0.1) is 0 Å². The lowest BCUT2D eigenvalue weighted by atomic mass is 10.1. The highest BCUT2D eigenvalue weighted by atomic mass is 35.5. The molecule has 3 aromatic rings. The van der Waals surface area contributed by atoms with Crippen molar-refractivity contribution in [3.05, 3.63) is 92.9 Å². The molecule has 3 rings (SSSR count). The van der Waals surface area contributed by atoms with Gasteiger partial charge in [0.05, 0.1) is 10.6 Å². The molecule has 0 fully saturated rings. The Morgan fingerprint density at radius 2 is 1.49 bits per heavy atom. The van der Waals surface area contributed by atoms with Crippen molar-refractivity contribution in [2.75, 3.05) is 17.4 Å². The van der Waals surface area contributed by atoms with Gasteiger partial charge in [-0.05, 0) is 67.8 Å². The van der Waals surface area contributed by atoms with E-state index in [1.54, 1.807) is 36.4 Å². The van der Waals surface area contributed by atoms with Gasteiger partial charge in [-0.25, -0.2) is 8.42 Å². The molecule has 0 aliphatic rings. The lowest BCUT2D eigenvalue weighted by molar-refractivity contribution is -0.140. The van der Waals surface area contributed by atoms with Crippen LogP contribution in [0.4, 0.5) is 5.69 Å². The quantitative estimate of drug-likeness (QED) is 0.207. The molecule has 11 heteroatoms. The molecular weight excluding hydrogens is 605 g/mol. The monoisotopic (exact) mass is 637 g/mol. The first-order valence-electron chi connectivity index (χ1n) is 13.3. The minimum absolute atomic E-state index is 0.000555. The van der Waals surface area contributed by atoms with Gasteiger partial charge in [-0.1, -0.05) is 84.9 Å². The van der Waals surface area contributed by atoms with Crippen LogP contribution in [0.2, 0.25) is 15.1 Å². The number of sulfonamides is 1. The van der Waals surface area contributed by atoms with E-state index in [2.05, 4.69) is 5.32 Å². The molecule has 0 aliphatic heterocycles. The molecule has 1 atom stereocenters. The van der Waals surface area contributed by atoms with Gasteiger partial charge in [0.15, 0.2) is 0 Å². The maximum absolute atomic E-state index is 14.1. The number of aryl methyl sites for hydroxylation is 1. The zero-order valence-electron chi connectivity index (χ0n) is 23.2. The summed E-state index contributed by atoms with van der Waals surface area (Å²) in [5, 5.41) is 3.86. The first-order chi connectivity index (χ1) is 19.5. The third-order valence-electron chi connectivity index (χ3n) is 6.50. The third-order valence-corrected chi connectivity index (χ3v) is 8.98. The van der Waals surface area contributed by atoms with Crippen molar-refractivity contribution in [1.82, 2.24) is 10.2 Å². The molecule has 0 aliphatic carbocycles. The summed E-state index contributed by atoms with van der Waals surface area (Å²) in [7, 11) is -4.23. The Labute approximate surface area is 257 Å². The van der Waals surface area contributed by atoms with Crippen LogP contribution >= 0.6 is 34.8 Å². The van der Waals surface area contributed by atoms with Gasteiger partial charge < -0.3 is 10.2 Å². The number of nitrogens with zero attached hydrogens (tertiary/aromatic N) is 2. The second-order valence-electron chi connectivity index (χ2n) is 9.67. The highest BCUT2D eigenvalue weighted by molar-refractivity contribution is 7.92. The molecule has 3 aromatic carbocycles. The molecule has 0 aromatic heterocycles. The highest BCUT2D eigenvalue weighted by Crippen LogP contribution is 2.30. The van der Waals surface area contributed by atoms with Crippen LogP contribution in [0.3, 0.4) is 0 Å². The van der Waals surface area contributed by atoms with Crippen LogP contribution in [-0.4, -0.2) is 44.3 Å². The van der Waals surface area contributed by atoms with Gasteiger partial charge in [-0.2, -0.15) is 0 Å². The average Bonchev–Trinajstić information content (AvgIpc) is 2.92. The van der Waals surface area contributed by atoms with Gasteiger partial charge in [-0.3, -0.25) is 13.9 Å². The lowest BCUT2D eigenvalue weighted by Crippen LogP contribution is -2.52. The van der Waals surface area contributed by atoms with E-state index in [-0.39, 0.29) is 33.1 Å². The Morgan fingerprint density at radius 1 is 0.878 bits per heavy atom. The molecule has 0 radical (unpaired) electrons. The number of benzene rings is 3. The Hall–Kier alpha value is -2.78. The Balaban J connectivity index is 2.06. The molecule has 2 amide bonds. The number of rotatable bonds is 13. The molecule has 0 saturated heterocycles. The van der Waals surface area contributed by atoms with Crippen LogP contribution in [0.1, 0.15) is 44.2 Å². The molecule has 0 bridgehead atoms. The summed E-state index contributed by atoms with van der Waals surface area (Å²) >= 11 is 18.5. The van der Waals surface area contributed by atoms with Crippen molar-refractivity contribution in [2.24, 2.45) is 0 Å². The van der Waals surface area contributed by atoms with Crippen LogP contribution < -0.4 is 9.62 Å². The zero-order valence-corrected chi connectivity index (χ0v) is 26.3. The number of carbonyl (C=O) groups is 2. The maximum atomic E-state index is 14.1. The van der Waals surface area contributed by atoms with Crippen LogP contribution in [-0.2, 0) is 26.2 Å². The van der Waals surface area contributed by atoms with Crippen LogP contribution in [0.15, 0.2) is 71.6 Å². The second-order valence-corrected chi connectivity index (χ2v) is 12.8. The minimum atomic E-state index is -4.23. The van der Waals surface area contributed by atoms with Gasteiger partial charge in [0.2, 0.25) is 11.8 Å². The molecule has 0 spiro atoms. The van der Waals surface area contributed by atoms with Crippen LogP contribution in [0.5, 0.6) is 0 Å². The first-order valence-corrected chi connectivity index (χ1v) is 15.9. The molecule has 0 unspecified atom stereocenters. The van der Waals surface area contributed by atoms with Crippen molar-refractivity contribution in [2.45, 2.75) is 57.5 Å². The summed E-state index contributed by atoms with van der Waals surface area (Å²) in [6.45, 7) is 5.64. The fraction of sp³-hybridized carbons (Fsp3) is 0.333. The number of nitrogens with one attached hydrogen (secondary N) is 1. The number of amides is 2. The summed E-state index contributed by atoms with van der Waals surface area (Å²) in [6, 6.07) is 16.8. The van der Waals surface area contributed by atoms with Gasteiger partial charge in [0, 0.05) is 28.2 Å². The first kappa shape index (κ1) is 32.7. The van der Waals surface area contributed by atoms with Crippen LogP contribution in [0.25, 0.3) is 0 Å². The minimum Gasteiger partial charge on any atom is -0.354 e. The van der Waals surface area contributed by atoms with Gasteiger partial charge in [0.25, 0.3) is 10.0 Å². The molecule has 7 nitrogen and oxygen atoms in total. The topological polar surface area (TPSA) is 86.8 Å². The standard InChI is InChI=1S/C30H34Cl3N3O4S/c1-4-6-15-34-30(38)28(5-2)35(19-22-9-11-23(31)12-10-22)29(37)20-36(26-17-24(32)16-25(33)18-26)41(39,40)27-13-7-21(3)8-14-27/h7-14,16-18,28H,4-6,15,19-20H2,1-3H3,(H,34,38)/t28-/m1/s1. The predicted octanol–water partition coefficient (Wildman–Crippen LogP) is 6.87. The van der Waals surface area contributed by atoms with Crippen molar-refractivity contribution in [1.29, 1.82) is 0 Å². The second kappa shape index (κ2) is 14.9. The number of halogens is 3. The van der Waals surface area contributed by atoms with E-state index in [1.807, 2.05) is 20.8 Å².